The van der Waals surface area contributed by atoms with Gasteiger partial charge in [-0.1, -0.05) is 20.8 Å². The number of aromatic nitrogens is 2. The highest BCUT2D eigenvalue weighted by Gasteiger charge is 2.10. The highest BCUT2D eigenvalue weighted by molar-refractivity contribution is 5.85. The summed E-state index contributed by atoms with van der Waals surface area (Å²) in [7, 11) is 1.70. The molecule has 0 bridgehead atoms. The fraction of sp³-hybridized carbons (Fsp3) is 0.500. The van der Waals surface area contributed by atoms with Crippen molar-refractivity contribution in [2.45, 2.75) is 40.7 Å². The smallest absolute Gasteiger partial charge is 0.146 e. The number of hydrogen-bond donors (Lipinski definition) is 0. The van der Waals surface area contributed by atoms with E-state index in [2.05, 4.69) is 29.6 Å². The molecule has 0 aliphatic rings. The molecular weight excluding hydrogens is 212 g/mol. The summed E-state index contributed by atoms with van der Waals surface area (Å²) in [5.41, 5.74) is 3.36. The summed E-state index contributed by atoms with van der Waals surface area (Å²) in [6.45, 7) is 9.26. The molecule has 2 heterocycles. The van der Waals surface area contributed by atoms with Crippen LogP contribution >= 0.6 is 0 Å². The van der Waals surface area contributed by atoms with Crippen molar-refractivity contribution in [3.63, 3.8) is 0 Å². The first-order valence-electron chi connectivity index (χ1n) is 6.26. The maximum Gasteiger partial charge on any atom is 0.146 e. The monoisotopic (exact) mass is 234 g/mol. The average molecular weight is 234 g/mol. The Morgan fingerprint density at radius 3 is 2.65 bits per heavy atom. The van der Waals surface area contributed by atoms with Crippen LogP contribution in [0.2, 0.25) is 0 Å². The number of fused-ring (bicyclic) bond motifs is 1. The van der Waals surface area contributed by atoms with Gasteiger partial charge >= 0.3 is 0 Å². The van der Waals surface area contributed by atoms with Crippen LogP contribution in [0.4, 0.5) is 0 Å². The molecule has 0 aliphatic carbocycles. The van der Waals surface area contributed by atoms with Crippen LogP contribution in [0, 0.1) is 6.92 Å². The van der Waals surface area contributed by atoms with Crippen molar-refractivity contribution >= 4 is 11.0 Å². The van der Waals surface area contributed by atoms with Gasteiger partial charge in [0.1, 0.15) is 11.3 Å². The summed E-state index contributed by atoms with van der Waals surface area (Å²) in [6.07, 6.45) is 5.05. The topological polar surface area (TPSA) is 27.1 Å². The summed E-state index contributed by atoms with van der Waals surface area (Å²) < 4.78 is 7.59. The maximum absolute atomic E-state index is 5.37. The van der Waals surface area contributed by atoms with Crippen LogP contribution in [0.5, 0.6) is 5.75 Å². The summed E-state index contributed by atoms with van der Waals surface area (Å²) in [6, 6.07) is 1.91. The number of ether oxygens (including phenoxy) is 1. The van der Waals surface area contributed by atoms with Gasteiger partial charge in [0.05, 0.1) is 12.6 Å². The minimum absolute atomic E-state index is 0.904. The molecule has 3 heteroatoms. The quantitative estimate of drug-likeness (QED) is 0.808. The normalized spacial score (nSPS) is 9.94. The van der Waals surface area contributed by atoms with Gasteiger partial charge in [0.25, 0.3) is 0 Å². The predicted molar refractivity (Wildman–Crippen MR) is 72.7 cm³/mol. The van der Waals surface area contributed by atoms with Crippen molar-refractivity contribution in [3.8, 4) is 5.75 Å². The molecule has 0 N–H and O–H groups in total. The maximum atomic E-state index is 5.37. The molecular formula is C14H22N2O. The Kier molecular flexibility index (Phi) is 5.01. The molecule has 2 aromatic rings. The van der Waals surface area contributed by atoms with Crippen LogP contribution in [0.3, 0.4) is 0 Å². The highest BCUT2D eigenvalue weighted by Crippen LogP contribution is 2.27. The van der Waals surface area contributed by atoms with Crippen molar-refractivity contribution in [3.05, 3.63) is 24.0 Å². The third-order valence-electron chi connectivity index (χ3n) is 2.58. The van der Waals surface area contributed by atoms with Crippen molar-refractivity contribution in [2.75, 3.05) is 7.11 Å². The highest BCUT2D eigenvalue weighted by atomic mass is 16.5. The van der Waals surface area contributed by atoms with Gasteiger partial charge in [0, 0.05) is 25.0 Å². The first-order chi connectivity index (χ1) is 8.27. The number of nitrogens with zero attached hydrogens (tertiary/aromatic N) is 2. The van der Waals surface area contributed by atoms with Gasteiger partial charge < -0.3 is 9.30 Å². The van der Waals surface area contributed by atoms with Crippen molar-refractivity contribution in [2.24, 2.45) is 0 Å². The van der Waals surface area contributed by atoms with Crippen molar-refractivity contribution in [1.82, 2.24) is 9.55 Å². The minimum Gasteiger partial charge on any atom is -0.494 e. The molecule has 0 saturated heterocycles. The van der Waals surface area contributed by atoms with E-state index in [1.165, 1.54) is 5.56 Å². The van der Waals surface area contributed by atoms with E-state index in [-0.39, 0.29) is 0 Å². The molecule has 2 aromatic heterocycles. The molecule has 0 amide bonds. The third-order valence-corrected chi connectivity index (χ3v) is 2.58. The van der Waals surface area contributed by atoms with E-state index in [1.54, 1.807) is 13.3 Å². The Balaban J connectivity index is 0.000000686. The van der Waals surface area contributed by atoms with Crippen LogP contribution < -0.4 is 4.74 Å². The zero-order chi connectivity index (χ0) is 12.8. The lowest BCUT2D eigenvalue weighted by Gasteiger charge is -2.06. The van der Waals surface area contributed by atoms with E-state index in [1.807, 2.05) is 19.9 Å². The van der Waals surface area contributed by atoms with E-state index >= 15 is 0 Å². The summed E-state index contributed by atoms with van der Waals surface area (Å²) in [4.78, 5) is 4.39. The summed E-state index contributed by atoms with van der Waals surface area (Å²) >= 11 is 0. The van der Waals surface area contributed by atoms with Gasteiger partial charge in [-0.25, -0.2) is 0 Å². The molecule has 0 aliphatic heterocycles. The molecule has 0 fully saturated rings. The zero-order valence-corrected chi connectivity index (χ0v) is 11.4. The van der Waals surface area contributed by atoms with Crippen LogP contribution in [-0.2, 0) is 6.54 Å². The summed E-state index contributed by atoms with van der Waals surface area (Å²) in [5.74, 6) is 0.904. The van der Waals surface area contributed by atoms with Gasteiger partial charge in [-0.3, -0.25) is 4.98 Å². The van der Waals surface area contributed by atoms with Gasteiger partial charge in [-0.2, -0.15) is 0 Å². The van der Waals surface area contributed by atoms with Gasteiger partial charge in [-0.15, -0.1) is 0 Å². The third kappa shape index (κ3) is 2.60. The molecule has 3 nitrogen and oxygen atoms in total. The first-order valence-corrected chi connectivity index (χ1v) is 6.26. The summed E-state index contributed by atoms with van der Waals surface area (Å²) in [5, 5.41) is 0. The second-order valence-corrected chi connectivity index (χ2v) is 3.72. The fourth-order valence-corrected chi connectivity index (χ4v) is 1.94. The Bertz CT molecular complexity index is 474. The lowest BCUT2D eigenvalue weighted by Crippen LogP contribution is -1.96. The van der Waals surface area contributed by atoms with E-state index in [4.69, 9.17) is 4.74 Å². The second kappa shape index (κ2) is 6.28. The Morgan fingerprint density at radius 2 is 2.06 bits per heavy atom. The van der Waals surface area contributed by atoms with Crippen LogP contribution in [0.15, 0.2) is 18.5 Å². The van der Waals surface area contributed by atoms with E-state index in [9.17, 15) is 0 Å². The Hall–Kier alpha value is -1.51. The number of rotatable bonds is 3. The first kappa shape index (κ1) is 13.6. The van der Waals surface area contributed by atoms with E-state index < -0.39 is 0 Å². The zero-order valence-electron chi connectivity index (χ0n) is 11.4. The average Bonchev–Trinajstić information content (AvgIpc) is 2.70. The largest absolute Gasteiger partial charge is 0.494 e. The second-order valence-electron chi connectivity index (χ2n) is 3.72. The Morgan fingerprint density at radius 1 is 1.35 bits per heavy atom. The minimum atomic E-state index is 0.904. The van der Waals surface area contributed by atoms with E-state index in [0.29, 0.717) is 0 Å². The lowest BCUT2D eigenvalue weighted by atomic mass is 10.3. The van der Waals surface area contributed by atoms with Crippen LogP contribution in [0.1, 0.15) is 32.8 Å². The van der Waals surface area contributed by atoms with Gasteiger partial charge in [-0.05, 0) is 18.9 Å². The molecule has 0 atom stereocenters. The number of pyridine rings is 1. The molecule has 0 aromatic carbocycles. The fourth-order valence-electron chi connectivity index (χ4n) is 1.94. The van der Waals surface area contributed by atoms with Crippen LogP contribution in [0.25, 0.3) is 11.0 Å². The van der Waals surface area contributed by atoms with E-state index in [0.717, 1.165) is 29.7 Å². The number of methoxy groups -OCH3 is 1. The molecule has 17 heavy (non-hydrogen) atoms. The predicted octanol–water partition coefficient (Wildman–Crippen LogP) is 3.79. The molecule has 2 rings (SSSR count). The lowest BCUT2D eigenvalue weighted by molar-refractivity contribution is 0.416. The standard InChI is InChI=1S/C12H16N2O.C2H6/c1-4-7-14-8-9(2)11-12(14)10(15-3)5-6-13-11;1-2/h5-6,8H,4,7H2,1-3H3;1-2H3. The van der Waals surface area contributed by atoms with Crippen molar-refractivity contribution in [1.29, 1.82) is 0 Å². The molecule has 0 spiro atoms. The SMILES string of the molecule is CC.CCCn1cc(C)c2nccc(OC)c21. The molecule has 0 unspecified atom stereocenters. The number of aryl methyl sites for hydroxylation is 2. The van der Waals surface area contributed by atoms with Gasteiger partial charge in [0.15, 0.2) is 0 Å². The molecule has 0 radical (unpaired) electrons. The molecule has 0 saturated carbocycles. The Labute approximate surface area is 103 Å². The molecule has 94 valence electrons. The van der Waals surface area contributed by atoms with Gasteiger partial charge in [0.2, 0.25) is 0 Å². The van der Waals surface area contributed by atoms with Crippen molar-refractivity contribution < 1.29 is 4.74 Å². The number of hydrogen-bond acceptors (Lipinski definition) is 2. The van der Waals surface area contributed by atoms with Crippen LogP contribution in [-0.4, -0.2) is 16.7 Å².